The molecule has 0 fully saturated rings. The summed E-state index contributed by atoms with van der Waals surface area (Å²) in [4.78, 5) is 0. The van der Waals surface area contributed by atoms with Gasteiger partial charge < -0.3 is 0 Å². The molecule has 1 aromatic carbocycles. The van der Waals surface area contributed by atoms with Crippen molar-refractivity contribution in [3.05, 3.63) is 34.9 Å². The third kappa shape index (κ3) is 2.84. The molecule has 0 aromatic heterocycles. The average molecular weight is 263 g/mol. The van der Waals surface area contributed by atoms with Crippen LogP contribution in [0.5, 0.6) is 0 Å². The van der Waals surface area contributed by atoms with Crippen molar-refractivity contribution < 1.29 is 2.74 Å². The smallest absolute Gasteiger partial charge is 0.0766 e. The van der Waals surface area contributed by atoms with E-state index in [0.717, 1.165) is 0 Å². The van der Waals surface area contributed by atoms with Crippen LogP contribution in [0.2, 0.25) is 0 Å². The molecule has 0 saturated carbocycles. The lowest BCUT2D eigenvalue weighted by Crippen LogP contribution is -2.19. The second-order valence-electron chi connectivity index (χ2n) is 5.37. The first-order chi connectivity index (χ1) is 8.94. The van der Waals surface area contributed by atoms with Gasteiger partial charge >= 0.3 is 0 Å². The zero-order valence-corrected chi connectivity index (χ0v) is 11.8. The van der Waals surface area contributed by atoms with Crippen LogP contribution >= 0.6 is 11.6 Å². The van der Waals surface area contributed by atoms with Crippen LogP contribution in [0, 0.1) is 22.7 Å². The van der Waals surface area contributed by atoms with Gasteiger partial charge in [-0.1, -0.05) is 18.2 Å². The van der Waals surface area contributed by atoms with Gasteiger partial charge in [-0.15, -0.1) is 11.6 Å². The van der Waals surface area contributed by atoms with Crippen LogP contribution in [0.15, 0.2) is 18.2 Å². The Hall–Kier alpha value is -1.51. The monoisotopic (exact) mass is 262 g/mol. The number of rotatable bonds is 3. The van der Waals surface area contributed by atoms with E-state index in [1.54, 1.807) is 45.9 Å². The van der Waals surface area contributed by atoms with Crippen LogP contribution in [0.4, 0.5) is 0 Å². The molecule has 2 nitrogen and oxygen atoms in total. The standard InChI is InChI=1S/C15H17ClN2/c1-14(2,9-17)12-5-11(8-16)6-13(7-12)15(3,4)10-18/h5-7H,8H2,1-4H3/i8D2. The third-order valence-corrected chi connectivity index (χ3v) is 3.26. The molecule has 0 amide bonds. The molecule has 0 N–H and O–H groups in total. The Kier molecular flexibility index (Phi) is 3.22. The number of hydrogen-bond donors (Lipinski definition) is 0. The van der Waals surface area contributed by atoms with E-state index < -0.39 is 16.7 Å². The molecule has 0 aliphatic rings. The van der Waals surface area contributed by atoms with E-state index >= 15 is 0 Å². The SMILES string of the molecule is [2H]C([2H])(Cl)c1cc(C(C)(C)C#N)cc(C(C)(C)C#N)c1. The van der Waals surface area contributed by atoms with Gasteiger partial charge in [0.15, 0.2) is 0 Å². The summed E-state index contributed by atoms with van der Waals surface area (Å²) in [5.41, 5.74) is 0.00987. The second kappa shape index (κ2) is 5.01. The Morgan fingerprint density at radius 3 is 1.72 bits per heavy atom. The zero-order chi connectivity index (χ0) is 15.8. The normalized spacial score (nSPS) is 14.2. The molecular weight excluding hydrogens is 244 g/mol. The van der Waals surface area contributed by atoms with E-state index in [-0.39, 0.29) is 5.56 Å². The van der Waals surface area contributed by atoms with E-state index in [2.05, 4.69) is 12.1 Å². The van der Waals surface area contributed by atoms with Gasteiger partial charge in [-0.25, -0.2) is 0 Å². The molecule has 0 spiro atoms. The maximum absolute atomic E-state index is 9.25. The Morgan fingerprint density at radius 2 is 1.44 bits per heavy atom. The predicted octanol–water partition coefficient (Wildman–Crippen LogP) is 4.03. The summed E-state index contributed by atoms with van der Waals surface area (Å²) < 4.78 is 15.3. The Morgan fingerprint density at radius 1 is 1.06 bits per heavy atom. The number of benzene rings is 1. The first-order valence-corrected chi connectivity index (χ1v) is 6.00. The molecule has 0 saturated heterocycles. The van der Waals surface area contributed by atoms with Gasteiger partial charge in [-0.05, 0) is 44.4 Å². The largest absolute Gasteiger partial charge is 0.197 e. The lowest BCUT2D eigenvalue weighted by atomic mass is 9.79. The highest BCUT2D eigenvalue weighted by Gasteiger charge is 2.25. The zero-order valence-electron chi connectivity index (χ0n) is 13.0. The van der Waals surface area contributed by atoms with E-state index in [1.165, 1.54) is 0 Å². The highest BCUT2D eigenvalue weighted by Crippen LogP contribution is 2.30. The lowest BCUT2D eigenvalue weighted by Gasteiger charge is -2.22. The minimum Gasteiger partial charge on any atom is -0.197 e. The third-order valence-electron chi connectivity index (χ3n) is 3.04. The van der Waals surface area contributed by atoms with E-state index in [9.17, 15) is 10.5 Å². The van der Waals surface area contributed by atoms with Gasteiger partial charge in [0.1, 0.15) is 0 Å². The first-order valence-electron chi connectivity index (χ1n) is 6.62. The highest BCUT2D eigenvalue weighted by molar-refractivity contribution is 6.17. The number of nitriles is 2. The summed E-state index contributed by atoms with van der Waals surface area (Å²) in [7, 11) is 0. The summed E-state index contributed by atoms with van der Waals surface area (Å²) in [6.07, 6.45) is 0. The Labute approximate surface area is 117 Å². The quantitative estimate of drug-likeness (QED) is 0.772. The number of nitrogens with zero attached hydrogens (tertiary/aromatic N) is 2. The molecule has 0 aliphatic carbocycles. The fourth-order valence-electron chi connectivity index (χ4n) is 1.53. The van der Waals surface area contributed by atoms with Crippen molar-refractivity contribution in [3.8, 4) is 12.1 Å². The molecule has 0 bridgehead atoms. The molecule has 0 radical (unpaired) electrons. The van der Waals surface area contributed by atoms with E-state index in [1.807, 2.05) is 0 Å². The van der Waals surface area contributed by atoms with Crippen molar-refractivity contribution in [2.45, 2.75) is 44.4 Å². The van der Waals surface area contributed by atoms with Gasteiger partial charge in [-0.2, -0.15) is 10.5 Å². The van der Waals surface area contributed by atoms with Gasteiger partial charge in [0, 0.05) is 8.57 Å². The van der Waals surface area contributed by atoms with Crippen molar-refractivity contribution in [2.75, 3.05) is 0 Å². The molecule has 0 atom stereocenters. The molecule has 3 heteroatoms. The first kappa shape index (κ1) is 11.6. The summed E-state index contributed by atoms with van der Waals surface area (Å²) >= 11 is 5.76. The predicted molar refractivity (Wildman–Crippen MR) is 73.3 cm³/mol. The lowest BCUT2D eigenvalue weighted by molar-refractivity contribution is 0.660. The van der Waals surface area contributed by atoms with Crippen LogP contribution in [-0.4, -0.2) is 0 Å². The van der Waals surface area contributed by atoms with Crippen LogP contribution in [0.1, 0.15) is 47.1 Å². The van der Waals surface area contributed by atoms with Crippen LogP contribution in [-0.2, 0) is 16.7 Å². The Bertz CT molecular complexity index is 558. The fraction of sp³-hybridized carbons (Fsp3) is 0.467. The fourth-order valence-corrected chi connectivity index (χ4v) is 1.64. The van der Waals surface area contributed by atoms with Crippen molar-refractivity contribution in [3.63, 3.8) is 0 Å². The van der Waals surface area contributed by atoms with Crippen molar-refractivity contribution in [2.24, 2.45) is 0 Å². The molecule has 1 aromatic rings. The highest BCUT2D eigenvalue weighted by atomic mass is 35.5. The van der Waals surface area contributed by atoms with Gasteiger partial charge in [-0.3, -0.25) is 0 Å². The second-order valence-corrected chi connectivity index (χ2v) is 5.56. The molecule has 0 unspecified atom stereocenters. The van der Waals surface area contributed by atoms with E-state index in [4.69, 9.17) is 14.3 Å². The Balaban J connectivity index is 3.63. The number of alkyl halides is 1. The number of hydrogen-bond acceptors (Lipinski definition) is 2. The summed E-state index contributed by atoms with van der Waals surface area (Å²) in [6, 6.07) is 9.33. The minimum atomic E-state index is -2.04. The number of halogens is 1. The summed E-state index contributed by atoms with van der Waals surface area (Å²) in [6.45, 7) is 7.00. The molecular formula is C15H17ClN2. The van der Waals surface area contributed by atoms with Crippen molar-refractivity contribution >= 4 is 11.6 Å². The van der Waals surface area contributed by atoms with Crippen LogP contribution < -0.4 is 0 Å². The van der Waals surface area contributed by atoms with Crippen LogP contribution in [0.25, 0.3) is 0 Å². The topological polar surface area (TPSA) is 47.6 Å². The minimum absolute atomic E-state index is 0.262. The molecule has 0 heterocycles. The summed E-state index contributed by atoms with van der Waals surface area (Å²) in [5.74, 6) is -2.04. The molecule has 94 valence electrons. The van der Waals surface area contributed by atoms with Crippen molar-refractivity contribution in [1.82, 2.24) is 0 Å². The molecule has 18 heavy (non-hydrogen) atoms. The average Bonchev–Trinajstić information content (AvgIpc) is 2.37. The maximum atomic E-state index is 9.25. The van der Waals surface area contributed by atoms with Crippen molar-refractivity contribution in [1.29, 1.82) is 10.5 Å². The molecule has 0 aliphatic heterocycles. The molecule has 1 rings (SSSR count). The van der Waals surface area contributed by atoms with E-state index in [0.29, 0.717) is 11.1 Å². The maximum Gasteiger partial charge on any atom is 0.0766 e. The summed E-state index contributed by atoms with van der Waals surface area (Å²) in [5, 5.41) is 18.5. The van der Waals surface area contributed by atoms with Gasteiger partial charge in [0.2, 0.25) is 0 Å². The van der Waals surface area contributed by atoms with Crippen LogP contribution in [0.3, 0.4) is 0 Å². The van der Waals surface area contributed by atoms with Gasteiger partial charge in [0.05, 0.1) is 23.0 Å². The van der Waals surface area contributed by atoms with Gasteiger partial charge in [0.25, 0.3) is 0 Å².